The summed E-state index contributed by atoms with van der Waals surface area (Å²) in [6, 6.07) is 56.1. The number of para-hydroxylation sites is 1. The molecule has 12 rings (SSSR count). The Bertz CT molecular complexity index is 3170. The summed E-state index contributed by atoms with van der Waals surface area (Å²) in [7, 11) is 0. The Hall–Kier alpha value is -6.38. The van der Waals surface area contributed by atoms with Crippen LogP contribution in [0, 0.1) is 0 Å². The van der Waals surface area contributed by atoms with Crippen molar-refractivity contribution >= 4 is 54.5 Å². The van der Waals surface area contributed by atoms with E-state index in [4.69, 9.17) is 4.42 Å². The second-order valence-electron chi connectivity index (χ2n) is 14.9. The van der Waals surface area contributed by atoms with Crippen molar-refractivity contribution in [2.75, 3.05) is 0 Å². The highest BCUT2D eigenvalue weighted by atomic mass is 16.3. The van der Waals surface area contributed by atoms with Gasteiger partial charge in [0.25, 0.3) is 0 Å². The van der Waals surface area contributed by atoms with Crippen LogP contribution in [0.25, 0.3) is 105 Å². The van der Waals surface area contributed by atoms with Crippen molar-refractivity contribution in [3.05, 3.63) is 163 Å². The van der Waals surface area contributed by atoms with Gasteiger partial charge in [-0.05, 0) is 115 Å². The highest BCUT2D eigenvalue weighted by Gasteiger charge is 2.35. The fraction of sp³-hybridized carbons (Fsp3) is 0.0612. The Kier molecular flexibility index (Phi) is 5.08. The zero-order valence-electron chi connectivity index (χ0n) is 28.3. The third-order valence-corrected chi connectivity index (χ3v) is 11.9. The zero-order valence-corrected chi connectivity index (χ0v) is 28.3. The van der Waals surface area contributed by atoms with Crippen molar-refractivity contribution in [2.24, 2.45) is 0 Å². The first-order valence-corrected chi connectivity index (χ1v) is 17.8. The molecule has 2 aromatic heterocycles. The quantitative estimate of drug-likeness (QED) is 0.182. The summed E-state index contributed by atoms with van der Waals surface area (Å²) in [5, 5.41) is 7.45. The molecular formula is C49H31NO. The molecule has 0 unspecified atom stereocenters. The second kappa shape index (κ2) is 9.44. The van der Waals surface area contributed by atoms with E-state index in [1.807, 2.05) is 0 Å². The summed E-state index contributed by atoms with van der Waals surface area (Å²) in [6.45, 7) is 4.71. The number of furan rings is 1. The lowest BCUT2D eigenvalue weighted by Gasteiger charge is -2.22. The molecule has 10 aromatic rings. The van der Waals surface area contributed by atoms with Crippen molar-refractivity contribution in [1.29, 1.82) is 0 Å². The van der Waals surface area contributed by atoms with E-state index in [0.29, 0.717) is 0 Å². The molecule has 51 heavy (non-hydrogen) atoms. The van der Waals surface area contributed by atoms with Gasteiger partial charge in [0.15, 0.2) is 0 Å². The smallest absolute Gasteiger partial charge is 0.136 e. The second-order valence-corrected chi connectivity index (χ2v) is 14.9. The third-order valence-electron chi connectivity index (χ3n) is 11.9. The van der Waals surface area contributed by atoms with Gasteiger partial charge in [-0.3, -0.25) is 0 Å². The number of benzene rings is 8. The fourth-order valence-corrected chi connectivity index (χ4v) is 9.58. The number of rotatable bonds is 2. The topological polar surface area (TPSA) is 18.1 Å². The average Bonchev–Trinajstić information content (AvgIpc) is 3.88. The number of hydrogen-bond acceptors (Lipinski definition) is 1. The van der Waals surface area contributed by atoms with E-state index in [2.05, 4.69) is 170 Å². The number of hydrogen-bond donors (Lipinski definition) is 0. The SMILES string of the molecule is CC1(C)c2ccccc2-c2ccc(-n3c4ccccc4c4cc(-c5ccc6oc7cc8c9c(cccc9c7c6c5)-c5ccccc5-8)ccc43)cc21. The van der Waals surface area contributed by atoms with E-state index >= 15 is 0 Å². The Morgan fingerprint density at radius 2 is 1.08 bits per heavy atom. The van der Waals surface area contributed by atoms with Crippen molar-refractivity contribution in [1.82, 2.24) is 4.57 Å². The van der Waals surface area contributed by atoms with Crippen LogP contribution in [0.2, 0.25) is 0 Å². The van der Waals surface area contributed by atoms with Crippen LogP contribution in [0.15, 0.2) is 156 Å². The molecular weight excluding hydrogens is 619 g/mol. The lowest BCUT2D eigenvalue weighted by atomic mass is 9.82. The lowest BCUT2D eigenvalue weighted by Crippen LogP contribution is -2.15. The minimum atomic E-state index is -0.0556. The van der Waals surface area contributed by atoms with E-state index < -0.39 is 0 Å². The molecule has 2 heteroatoms. The van der Waals surface area contributed by atoms with Crippen LogP contribution in [0.1, 0.15) is 25.0 Å². The van der Waals surface area contributed by atoms with Crippen molar-refractivity contribution in [3.8, 4) is 50.2 Å². The molecule has 2 aliphatic carbocycles. The molecule has 238 valence electrons. The fourth-order valence-electron chi connectivity index (χ4n) is 9.58. The molecule has 0 amide bonds. The first kappa shape index (κ1) is 27.4. The van der Waals surface area contributed by atoms with Crippen LogP contribution in [-0.2, 0) is 5.41 Å². The first-order valence-electron chi connectivity index (χ1n) is 17.8. The van der Waals surface area contributed by atoms with Crippen LogP contribution < -0.4 is 0 Å². The van der Waals surface area contributed by atoms with Gasteiger partial charge >= 0.3 is 0 Å². The summed E-state index contributed by atoms with van der Waals surface area (Å²) in [5.41, 5.74) is 18.5. The normalized spacial score (nSPS) is 13.8. The van der Waals surface area contributed by atoms with Gasteiger partial charge < -0.3 is 8.98 Å². The molecule has 0 saturated carbocycles. The van der Waals surface area contributed by atoms with Gasteiger partial charge in [-0.2, -0.15) is 0 Å². The van der Waals surface area contributed by atoms with E-state index in [9.17, 15) is 0 Å². The van der Waals surface area contributed by atoms with Crippen LogP contribution >= 0.6 is 0 Å². The molecule has 8 aromatic carbocycles. The number of fused-ring (bicyclic) bond motifs is 13. The maximum absolute atomic E-state index is 6.58. The minimum absolute atomic E-state index is 0.0556. The Morgan fingerprint density at radius 3 is 1.96 bits per heavy atom. The molecule has 0 spiro atoms. The number of aromatic nitrogens is 1. The summed E-state index contributed by atoms with van der Waals surface area (Å²) < 4.78 is 9.02. The highest BCUT2D eigenvalue weighted by Crippen LogP contribution is 2.52. The van der Waals surface area contributed by atoms with E-state index in [1.54, 1.807) is 0 Å². The van der Waals surface area contributed by atoms with Crippen molar-refractivity contribution in [3.63, 3.8) is 0 Å². The van der Waals surface area contributed by atoms with Crippen molar-refractivity contribution in [2.45, 2.75) is 19.3 Å². The summed E-state index contributed by atoms with van der Waals surface area (Å²) in [6.07, 6.45) is 0. The monoisotopic (exact) mass is 649 g/mol. The number of nitrogens with zero attached hydrogens (tertiary/aromatic N) is 1. The maximum Gasteiger partial charge on any atom is 0.136 e. The molecule has 2 nitrogen and oxygen atoms in total. The molecule has 0 aliphatic heterocycles. The predicted octanol–water partition coefficient (Wildman–Crippen LogP) is 13.5. The van der Waals surface area contributed by atoms with E-state index in [0.717, 1.165) is 16.6 Å². The van der Waals surface area contributed by atoms with E-state index in [-0.39, 0.29) is 5.41 Å². The van der Waals surface area contributed by atoms with Gasteiger partial charge in [-0.25, -0.2) is 0 Å². The molecule has 0 fully saturated rings. The van der Waals surface area contributed by atoms with E-state index in [1.165, 1.54) is 99.3 Å². The molecule has 0 bridgehead atoms. The van der Waals surface area contributed by atoms with Gasteiger partial charge in [0.05, 0.1) is 11.0 Å². The van der Waals surface area contributed by atoms with Gasteiger partial charge in [0, 0.05) is 32.6 Å². The van der Waals surface area contributed by atoms with Gasteiger partial charge in [-0.1, -0.05) is 117 Å². The van der Waals surface area contributed by atoms with Gasteiger partial charge in [-0.15, -0.1) is 0 Å². The molecule has 2 aliphatic rings. The minimum Gasteiger partial charge on any atom is -0.456 e. The molecule has 0 N–H and O–H groups in total. The summed E-state index contributed by atoms with van der Waals surface area (Å²) >= 11 is 0. The maximum atomic E-state index is 6.58. The molecule has 0 saturated heterocycles. The summed E-state index contributed by atoms with van der Waals surface area (Å²) in [5.74, 6) is 0. The van der Waals surface area contributed by atoms with Crippen molar-refractivity contribution < 1.29 is 4.42 Å². The highest BCUT2D eigenvalue weighted by molar-refractivity contribution is 6.28. The van der Waals surface area contributed by atoms with Crippen LogP contribution in [-0.4, -0.2) is 4.57 Å². The van der Waals surface area contributed by atoms with Crippen LogP contribution in [0.4, 0.5) is 0 Å². The Morgan fingerprint density at radius 1 is 0.412 bits per heavy atom. The Balaban J connectivity index is 1.04. The average molecular weight is 650 g/mol. The predicted molar refractivity (Wildman–Crippen MR) is 213 cm³/mol. The van der Waals surface area contributed by atoms with Gasteiger partial charge in [0.1, 0.15) is 11.2 Å². The largest absolute Gasteiger partial charge is 0.456 e. The molecule has 0 radical (unpaired) electrons. The zero-order chi connectivity index (χ0) is 33.6. The lowest BCUT2D eigenvalue weighted by molar-refractivity contribution is 0.660. The van der Waals surface area contributed by atoms with Crippen LogP contribution in [0.3, 0.4) is 0 Å². The molecule has 0 atom stereocenters. The van der Waals surface area contributed by atoms with Crippen LogP contribution in [0.5, 0.6) is 0 Å². The van der Waals surface area contributed by atoms with Gasteiger partial charge in [0.2, 0.25) is 0 Å². The summed E-state index contributed by atoms with van der Waals surface area (Å²) in [4.78, 5) is 0. The first-order chi connectivity index (χ1) is 25.0. The third kappa shape index (κ3) is 3.47. The standard InChI is InChI=1S/C49H31NO/c1-49(2)41-16-7-5-12-33(41)34-21-20-30(26-42(34)49)50-43-17-8-6-13-35(43)38-24-28(18-22-44(38)50)29-19-23-45-40(25-29)48-37-15-9-14-36-31-10-3-4-11-32(31)39(47(36)37)27-46(48)51-45/h3-27H,1-2H3. The molecule has 2 heterocycles. The Labute approximate surface area is 294 Å².